The first-order valence-corrected chi connectivity index (χ1v) is 10.9. The second-order valence-electron chi connectivity index (χ2n) is 7.09. The Morgan fingerprint density at radius 2 is 1.55 bits per heavy atom. The van der Waals surface area contributed by atoms with Crippen molar-refractivity contribution in [3.63, 3.8) is 0 Å². The van der Waals surface area contributed by atoms with Gasteiger partial charge < -0.3 is 0 Å². The summed E-state index contributed by atoms with van der Waals surface area (Å²) >= 11 is 0.985. The van der Waals surface area contributed by atoms with E-state index in [1.807, 2.05) is 36.4 Å². The zero-order chi connectivity index (χ0) is 23.4. The molecule has 0 radical (unpaired) electrons. The van der Waals surface area contributed by atoms with Crippen LogP contribution in [-0.4, -0.2) is 20.2 Å². The molecule has 0 bridgehead atoms. The Balaban J connectivity index is 1.84. The highest BCUT2D eigenvalue weighted by atomic mass is 32.2. The molecule has 0 atom stereocenters. The Labute approximate surface area is 193 Å². The first-order valence-electron chi connectivity index (χ1n) is 10.1. The van der Waals surface area contributed by atoms with Crippen molar-refractivity contribution in [1.82, 2.24) is 9.36 Å². The molecule has 0 unspecified atom stereocenters. The van der Waals surface area contributed by atoms with Gasteiger partial charge in [0.25, 0.3) is 17.2 Å². The largest absolute Gasteiger partial charge is 0.286 e. The van der Waals surface area contributed by atoms with E-state index in [0.717, 1.165) is 17.3 Å². The van der Waals surface area contributed by atoms with E-state index in [9.17, 15) is 19.7 Å². The lowest BCUT2D eigenvalue weighted by atomic mass is 10.2. The van der Waals surface area contributed by atoms with Gasteiger partial charge in [-0.25, -0.2) is 9.36 Å². The number of carbonyl (C=O) groups excluding carboxylic acids is 1. The fourth-order valence-electron chi connectivity index (χ4n) is 3.38. The van der Waals surface area contributed by atoms with Gasteiger partial charge in [0.05, 0.1) is 21.2 Å². The average molecular weight is 458 g/mol. The van der Waals surface area contributed by atoms with E-state index >= 15 is 0 Å². The van der Waals surface area contributed by atoms with Crippen molar-refractivity contribution in [3.8, 4) is 5.69 Å². The van der Waals surface area contributed by atoms with E-state index in [4.69, 9.17) is 0 Å². The van der Waals surface area contributed by atoms with Gasteiger partial charge in [-0.2, -0.15) is 0 Å². The smallest absolute Gasteiger partial charge is 0.267 e. The molecule has 8 heteroatoms. The number of hydrogen-bond donors (Lipinski definition) is 0. The molecule has 0 saturated heterocycles. The van der Waals surface area contributed by atoms with E-state index in [1.165, 1.54) is 21.5 Å². The van der Waals surface area contributed by atoms with E-state index in [-0.39, 0.29) is 10.6 Å². The molecule has 4 aromatic rings. The summed E-state index contributed by atoms with van der Waals surface area (Å²) in [6.45, 7) is 1.66. The number of allylic oxidation sites excluding steroid dienone is 1. The zero-order valence-corrected chi connectivity index (χ0v) is 18.4. The Morgan fingerprint density at radius 1 is 0.939 bits per heavy atom. The molecule has 4 rings (SSSR count). The molecule has 164 valence electrons. The molecule has 0 fully saturated rings. The molecule has 0 spiro atoms. The summed E-state index contributed by atoms with van der Waals surface area (Å²) in [6.07, 6.45) is 3.08. The van der Waals surface area contributed by atoms with Gasteiger partial charge in [-0.15, -0.1) is 0 Å². The van der Waals surface area contributed by atoms with Crippen LogP contribution in [0.25, 0.3) is 11.8 Å². The minimum absolute atomic E-state index is 0.101. The summed E-state index contributed by atoms with van der Waals surface area (Å²) in [5.41, 5.74) is 1.23. The Hall–Kier alpha value is -4.17. The number of carbonyl (C=O) groups is 1. The summed E-state index contributed by atoms with van der Waals surface area (Å²) in [7, 11) is 0. The number of aromatic nitrogens is 2. The lowest BCUT2D eigenvalue weighted by Gasteiger charge is -2.10. The number of nitro benzene ring substituents is 1. The van der Waals surface area contributed by atoms with Crippen LogP contribution in [0, 0.1) is 17.0 Å². The van der Waals surface area contributed by atoms with Gasteiger partial charge in [0.15, 0.2) is 0 Å². The monoisotopic (exact) mass is 457 g/mol. The maximum Gasteiger partial charge on any atom is 0.286 e. The number of hydrogen-bond acceptors (Lipinski definition) is 5. The highest BCUT2D eigenvalue weighted by molar-refractivity contribution is 7.99. The molecule has 0 aliphatic rings. The number of para-hydroxylation sites is 2. The van der Waals surface area contributed by atoms with E-state index in [2.05, 4.69) is 0 Å². The molecule has 1 heterocycles. The molecule has 3 aromatic carbocycles. The predicted octanol–water partition coefficient (Wildman–Crippen LogP) is 5.36. The predicted molar refractivity (Wildman–Crippen MR) is 128 cm³/mol. The van der Waals surface area contributed by atoms with Crippen LogP contribution in [-0.2, 0) is 0 Å². The van der Waals surface area contributed by atoms with Crippen molar-refractivity contribution in [2.45, 2.75) is 16.7 Å². The van der Waals surface area contributed by atoms with Crippen molar-refractivity contribution >= 4 is 29.4 Å². The number of benzene rings is 3. The van der Waals surface area contributed by atoms with Crippen LogP contribution in [0.2, 0.25) is 0 Å². The highest BCUT2D eigenvalue weighted by Gasteiger charge is 2.24. The van der Waals surface area contributed by atoms with Crippen LogP contribution in [0.5, 0.6) is 0 Å². The van der Waals surface area contributed by atoms with Gasteiger partial charge in [-0.05, 0) is 36.8 Å². The summed E-state index contributed by atoms with van der Waals surface area (Å²) in [5, 5.41) is 11.4. The van der Waals surface area contributed by atoms with Gasteiger partial charge in [0, 0.05) is 12.1 Å². The summed E-state index contributed by atoms with van der Waals surface area (Å²) in [6, 6.07) is 24.4. The van der Waals surface area contributed by atoms with E-state index < -0.39 is 16.4 Å². The maximum absolute atomic E-state index is 13.5. The van der Waals surface area contributed by atoms with Crippen LogP contribution in [0.3, 0.4) is 0 Å². The van der Waals surface area contributed by atoms with Crippen LogP contribution in [0.15, 0.2) is 106 Å². The third kappa shape index (κ3) is 4.56. The fraction of sp³-hybridized carbons (Fsp3) is 0.0400. The maximum atomic E-state index is 13.5. The molecular formula is C25H19N3O4S. The third-order valence-electron chi connectivity index (χ3n) is 4.93. The molecule has 7 nitrogen and oxygen atoms in total. The van der Waals surface area contributed by atoms with Crippen LogP contribution >= 0.6 is 11.8 Å². The highest BCUT2D eigenvalue weighted by Crippen LogP contribution is 2.35. The Bertz CT molecular complexity index is 1410. The summed E-state index contributed by atoms with van der Waals surface area (Å²) in [4.78, 5) is 38.2. The normalized spacial score (nSPS) is 11.1. The fourth-order valence-corrected chi connectivity index (χ4v) is 4.40. The SMILES string of the molecule is Cc1c(Sc2ccccc2[N+](=O)[O-])c(=O)n(-c2ccccc2)n1C(=O)C=Cc1ccccc1. The zero-order valence-electron chi connectivity index (χ0n) is 17.6. The third-order valence-corrected chi connectivity index (χ3v) is 6.17. The molecule has 0 amide bonds. The minimum atomic E-state index is -0.488. The van der Waals surface area contributed by atoms with Gasteiger partial charge in [0.2, 0.25) is 0 Å². The lowest BCUT2D eigenvalue weighted by molar-refractivity contribution is -0.387. The second kappa shape index (κ2) is 9.54. The van der Waals surface area contributed by atoms with Crippen molar-refractivity contribution in [2.75, 3.05) is 0 Å². The average Bonchev–Trinajstić information content (AvgIpc) is 3.09. The van der Waals surface area contributed by atoms with Gasteiger partial charge in [-0.3, -0.25) is 19.7 Å². The van der Waals surface area contributed by atoms with Gasteiger partial charge >= 0.3 is 0 Å². The van der Waals surface area contributed by atoms with Crippen LogP contribution in [0.1, 0.15) is 16.1 Å². The molecule has 0 aliphatic heterocycles. The molecular weight excluding hydrogens is 438 g/mol. The first kappa shape index (κ1) is 22.0. The number of nitrogens with zero attached hydrogens (tertiary/aromatic N) is 3. The first-order chi connectivity index (χ1) is 16.0. The van der Waals surface area contributed by atoms with Crippen molar-refractivity contribution < 1.29 is 9.72 Å². The molecule has 0 aliphatic carbocycles. The topological polar surface area (TPSA) is 87.1 Å². The molecule has 33 heavy (non-hydrogen) atoms. The summed E-state index contributed by atoms with van der Waals surface area (Å²) in [5.74, 6) is -0.410. The molecule has 1 aromatic heterocycles. The van der Waals surface area contributed by atoms with Crippen molar-refractivity contribution in [1.29, 1.82) is 0 Å². The van der Waals surface area contributed by atoms with Crippen LogP contribution < -0.4 is 5.56 Å². The molecule has 0 saturated carbocycles. The van der Waals surface area contributed by atoms with E-state index in [0.29, 0.717) is 16.3 Å². The van der Waals surface area contributed by atoms with Crippen molar-refractivity contribution in [3.05, 3.63) is 123 Å². The number of rotatable bonds is 6. The number of nitro groups is 1. The second-order valence-corrected chi connectivity index (χ2v) is 8.14. The van der Waals surface area contributed by atoms with Crippen molar-refractivity contribution in [2.24, 2.45) is 0 Å². The minimum Gasteiger partial charge on any atom is -0.267 e. The standard InChI is InChI=1S/C25H19N3O4S/c1-18-24(33-22-15-9-8-14-21(22)28(31)32)25(30)27(20-12-6-3-7-13-20)26(18)23(29)17-16-19-10-4-2-5-11-19/h2-17H,1H3. The van der Waals surface area contributed by atoms with Crippen LogP contribution in [0.4, 0.5) is 5.69 Å². The quantitative estimate of drug-likeness (QED) is 0.221. The Morgan fingerprint density at radius 3 is 2.21 bits per heavy atom. The Kier molecular flexibility index (Phi) is 6.37. The summed E-state index contributed by atoms with van der Waals surface area (Å²) < 4.78 is 2.60. The molecule has 0 N–H and O–H groups in total. The van der Waals surface area contributed by atoms with E-state index in [1.54, 1.807) is 55.5 Å². The van der Waals surface area contributed by atoms with Gasteiger partial charge in [-0.1, -0.05) is 72.4 Å². The lowest BCUT2D eigenvalue weighted by Crippen LogP contribution is -2.25. The van der Waals surface area contributed by atoms with Gasteiger partial charge in [0.1, 0.15) is 4.90 Å².